The minimum Gasteiger partial charge on any atom is -0.396 e. The van der Waals surface area contributed by atoms with Crippen LogP contribution in [0.1, 0.15) is 12.8 Å². The van der Waals surface area contributed by atoms with Crippen LogP contribution in [0.2, 0.25) is 0 Å². The summed E-state index contributed by atoms with van der Waals surface area (Å²) in [6.45, 7) is 0.580. The molecule has 2 atom stereocenters. The first-order valence-corrected chi connectivity index (χ1v) is 3.65. The lowest BCUT2D eigenvalue weighted by Crippen LogP contribution is -2.26. The van der Waals surface area contributed by atoms with E-state index in [1.165, 1.54) is 0 Å². The third-order valence-electron chi connectivity index (χ3n) is 1.78. The predicted octanol–water partition coefficient (Wildman–Crippen LogP) is 0.837. The molecule has 1 aliphatic heterocycles. The number of rotatable bonds is 3. The summed E-state index contributed by atoms with van der Waals surface area (Å²) in [6, 6.07) is -0.400. The molecule has 5 nitrogen and oxygen atoms in total. The maximum atomic E-state index is 8.77. The van der Waals surface area contributed by atoms with Gasteiger partial charge in [0.1, 0.15) is 0 Å². The Morgan fingerprint density at radius 1 is 1.82 bits per heavy atom. The molecule has 0 spiro atoms. The van der Waals surface area contributed by atoms with Crippen LogP contribution in [-0.4, -0.2) is 30.5 Å². The molecule has 0 aliphatic carbocycles. The third-order valence-corrected chi connectivity index (χ3v) is 1.78. The second kappa shape index (κ2) is 4.18. The Morgan fingerprint density at radius 3 is 3.09 bits per heavy atom. The number of hydrogen-bond acceptors (Lipinski definition) is 3. The van der Waals surface area contributed by atoms with Crippen molar-refractivity contribution in [3.8, 4) is 0 Å². The summed E-state index contributed by atoms with van der Waals surface area (Å²) in [5.74, 6) is 0. The van der Waals surface area contributed by atoms with Gasteiger partial charge in [0.05, 0.1) is 18.8 Å². The average molecular weight is 157 g/mol. The molecular weight excluding hydrogens is 146 g/mol. The average Bonchev–Trinajstić information content (AvgIpc) is 2.52. The normalized spacial score (nSPS) is 26.1. The zero-order valence-corrected chi connectivity index (χ0v) is 6.18. The lowest BCUT2D eigenvalue weighted by atomic mass is 10.1. The molecule has 0 aromatic carbocycles. The Hall–Kier alpha value is -0.770. The lowest BCUT2D eigenvalue weighted by molar-refractivity contribution is 0.0695. The molecule has 0 bridgehead atoms. The van der Waals surface area contributed by atoms with E-state index in [9.17, 15) is 0 Å². The first kappa shape index (κ1) is 8.33. The number of nitrogens with zero attached hydrogens (tertiary/aromatic N) is 3. The van der Waals surface area contributed by atoms with Crippen LogP contribution in [0.5, 0.6) is 0 Å². The SMILES string of the molecule is [N-]=[N+]=NC(CO)C1CCCO1. The highest BCUT2D eigenvalue weighted by Gasteiger charge is 2.23. The van der Waals surface area contributed by atoms with Gasteiger partial charge in [-0.25, -0.2) is 0 Å². The van der Waals surface area contributed by atoms with Crippen LogP contribution >= 0.6 is 0 Å². The highest BCUT2D eigenvalue weighted by molar-refractivity contribution is 4.79. The van der Waals surface area contributed by atoms with Crippen LogP contribution in [0.4, 0.5) is 0 Å². The molecule has 5 heteroatoms. The van der Waals surface area contributed by atoms with Crippen LogP contribution in [0.3, 0.4) is 0 Å². The largest absolute Gasteiger partial charge is 0.396 e. The molecule has 2 unspecified atom stereocenters. The molecule has 1 saturated heterocycles. The van der Waals surface area contributed by atoms with Gasteiger partial charge >= 0.3 is 0 Å². The van der Waals surface area contributed by atoms with E-state index in [1.807, 2.05) is 0 Å². The zero-order valence-electron chi connectivity index (χ0n) is 6.18. The fourth-order valence-electron chi connectivity index (χ4n) is 1.20. The van der Waals surface area contributed by atoms with Crippen molar-refractivity contribution in [2.24, 2.45) is 5.11 Å². The molecule has 11 heavy (non-hydrogen) atoms. The first-order chi connectivity index (χ1) is 5.38. The van der Waals surface area contributed by atoms with E-state index >= 15 is 0 Å². The number of aliphatic hydroxyl groups excluding tert-OH is 1. The minimum absolute atomic E-state index is 0.0732. The number of ether oxygens (including phenoxy) is 1. The lowest BCUT2D eigenvalue weighted by Gasteiger charge is -2.14. The number of azide groups is 1. The van der Waals surface area contributed by atoms with Gasteiger partial charge in [0.25, 0.3) is 0 Å². The molecular formula is C6H11N3O2. The Labute approximate surface area is 64.6 Å². The highest BCUT2D eigenvalue weighted by Crippen LogP contribution is 2.17. The molecule has 1 N–H and O–H groups in total. The van der Waals surface area contributed by atoms with E-state index in [4.69, 9.17) is 15.4 Å². The Morgan fingerprint density at radius 2 is 2.64 bits per heavy atom. The van der Waals surface area contributed by atoms with Gasteiger partial charge in [-0.05, 0) is 18.4 Å². The van der Waals surface area contributed by atoms with Crippen molar-refractivity contribution in [3.05, 3.63) is 10.4 Å². The Kier molecular flexibility index (Phi) is 3.16. The van der Waals surface area contributed by atoms with E-state index < -0.39 is 6.04 Å². The van der Waals surface area contributed by atoms with E-state index in [2.05, 4.69) is 10.0 Å². The van der Waals surface area contributed by atoms with Crippen molar-refractivity contribution in [1.82, 2.24) is 0 Å². The van der Waals surface area contributed by atoms with Gasteiger partial charge in [-0.2, -0.15) is 0 Å². The topological polar surface area (TPSA) is 78.2 Å². The summed E-state index contributed by atoms with van der Waals surface area (Å²) in [5, 5.41) is 12.2. The smallest absolute Gasteiger partial charge is 0.0867 e. The third kappa shape index (κ3) is 2.08. The van der Waals surface area contributed by atoms with Crippen LogP contribution in [0.15, 0.2) is 5.11 Å². The molecule has 1 fully saturated rings. The maximum absolute atomic E-state index is 8.77. The van der Waals surface area contributed by atoms with Crippen LogP contribution < -0.4 is 0 Å². The highest BCUT2D eigenvalue weighted by atomic mass is 16.5. The molecule has 0 aromatic heterocycles. The van der Waals surface area contributed by atoms with E-state index in [1.54, 1.807) is 0 Å². The van der Waals surface area contributed by atoms with Crippen LogP contribution in [-0.2, 0) is 4.74 Å². The summed E-state index contributed by atoms with van der Waals surface area (Å²) in [5.41, 5.74) is 8.12. The zero-order chi connectivity index (χ0) is 8.10. The predicted molar refractivity (Wildman–Crippen MR) is 39.0 cm³/mol. The summed E-state index contributed by atoms with van der Waals surface area (Å²) < 4.78 is 5.23. The van der Waals surface area contributed by atoms with E-state index in [-0.39, 0.29) is 12.7 Å². The standard InChI is InChI=1S/C6H11N3O2/c7-9-8-5(4-10)6-2-1-3-11-6/h5-6,10H,1-4H2. The van der Waals surface area contributed by atoms with Gasteiger partial charge in [0.2, 0.25) is 0 Å². The van der Waals surface area contributed by atoms with Crippen LogP contribution in [0.25, 0.3) is 10.4 Å². The van der Waals surface area contributed by atoms with E-state index in [0.29, 0.717) is 6.61 Å². The number of hydrogen-bond donors (Lipinski definition) is 1. The monoisotopic (exact) mass is 157 g/mol. The van der Waals surface area contributed by atoms with Gasteiger partial charge in [0, 0.05) is 11.5 Å². The molecule has 0 amide bonds. The van der Waals surface area contributed by atoms with Gasteiger partial charge < -0.3 is 9.84 Å². The molecule has 1 rings (SSSR count). The Bertz CT molecular complexity index is 161. The fourth-order valence-corrected chi connectivity index (χ4v) is 1.20. The molecule has 1 aliphatic rings. The molecule has 0 saturated carbocycles. The minimum atomic E-state index is -0.400. The maximum Gasteiger partial charge on any atom is 0.0867 e. The Balaban J connectivity index is 2.45. The van der Waals surface area contributed by atoms with Crippen molar-refractivity contribution in [1.29, 1.82) is 0 Å². The van der Waals surface area contributed by atoms with Crippen LogP contribution in [0, 0.1) is 0 Å². The summed E-state index contributed by atoms with van der Waals surface area (Å²) in [7, 11) is 0. The van der Waals surface area contributed by atoms with Crippen molar-refractivity contribution in [3.63, 3.8) is 0 Å². The fraction of sp³-hybridized carbons (Fsp3) is 1.00. The summed E-state index contributed by atoms with van der Waals surface area (Å²) in [6.07, 6.45) is 1.79. The van der Waals surface area contributed by atoms with E-state index in [0.717, 1.165) is 12.8 Å². The van der Waals surface area contributed by atoms with Crippen molar-refractivity contribution >= 4 is 0 Å². The molecule has 1 heterocycles. The first-order valence-electron chi connectivity index (χ1n) is 3.65. The molecule has 0 radical (unpaired) electrons. The van der Waals surface area contributed by atoms with Gasteiger partial charge in [-0.3, -0.25) is 0 Å². The number of aliphatic hydroxyl groups is 1. The van der Waals surface area contributed by atoms with Crippen molar-refractivity contribution in [2.75, 3.05) is 13.2 Å². The summed E-state index contributed by atoms with van der Waals surface area (Å²) in [4.78, 5) is 2.64. The van der Waals surface area contributed by atoms with Crippen molar-refractivity contribution < 1.29 is 9.84 Å². The second-order valence-corrected chi connectivity index (χ2v) is 2.51. The van der Waals surface area contributed by atoms with Gasteiger partial charge in [-0.1, -0.05) is 5.11 Å². The second-order valence-electron chi connectivity index (χ2n) is 2.51. The quantitative estimate of drug-likeness (QED) is 0.374. The van der Waals surface area contributed by atoms with Gasteiger partial charge in [0.15, 0.2) is 0 Å². The summed E-state index contributed by atoms with van der Waals surface area (Å²) >= 11 is 0. The molecule has 0 aromatic rings. The van der Waals surface area contributed by atoms with Crippen molar-refractivity contribution in [2.45, 2.75) is 25.0 Å². The molecule has 62 valence electrons. The van der Waals surface area contributed by atoms with Gasteiger partial charge in [-0.15, -0.1) is 0 Å².